The van der Waals surface area contributed by atoms with Crippen molar-refractivity contribution < 1.29 is 13.2 Å². The van der Waals surface area contributed by atoms with Crippen LogP contribution in [-0.2, 0) is 22.1 Å². The summed E-state index contributed by atoms with van der Waals surface area (Å²) >= 11 is 0. The van der Waals surface area contributed by atoms with Crippen LogP contribution in [-0.4, -0.2) is 25.6 Å². The average Bonchev–Trinajstić information content (AvgIpc) is 2.58. The summed E-state index contributed by atoms with van der Waals surface area (Å²) in [7, 11) is -3.08. The lowest BCUT2D eigenvalue weighted by Gasteiger charge is -2.08. The van der Waals surface area contributed by atoms with E-state index in [9.17, 15) is 18.0 Å². The number of aromatic amines is 1. The maximum atomic E-state index is 12.5. The summed E-state index contributed by atoms with van der Waals surface area (Å²) in [6.07, 6.45) is 1.19. The Kier molecular flexibility index (Phi) is 4.90. The molecule has 7 heteroatoms. The third-order valence-corrected chi connectivity index (χ3v) is 4.76. The fourth-order valence-corrected chi connectivity index (χ4v) is 3.52. The van der Waals surface area contributed by atoms with Gasteiger partial charge in [0.2, 0.25) is 5.56 Å². The van der Waals surface area contributed by atoms with Gasteiger partial charge in [-0.2, -0.15) is 0 Å². The fourth-order valence-electron chi connectivity index (χ4n) is 2.73. The fraction of sp³-hybridized carbons (Fsp3) is 0.158. The Bertz CT molecular complexity index is 1120. The zero-order valence-corrected chi connectivity index (χ0v) is 15.0. The molecule has 1 aromatic heterocycles. The molecule has 0 aliphatic heterocycles. The van der Waals surface area contributed by atoms with Gasteiger partial charge in [-0.15, -0.1) is 0 Å². The Labute approximate surface area is 150 Å². The van der Waals surface area contributed by atoms with Crippen molar-refractivity contribution >= 4 is 26.6 Å². The first-order valence-electron chi connectivity index (χ1n) is 7.98. The molecule has 0 aliphatic rings. The molecule has 0 aliphatic carbocycles. The van der Waals surface area contributed by atoms with Crippen molar-refractivity contribution in [3.63, 3.8) is 0 Å². The molecule has 0 atom stereocenters. The van der Waals surface area contributed by atoms with E-state index in [-0.39, 0.29) is 23.8 Å². The third kappa shape index (κ3) is 4.37. The summed E-state index contributed by atoms with van der Waals surface area (Å²) in [6, 6.07) is 15.4. The van der Waals surface area contributed by atoms with Crippen molar-refractivity contribution in [2.45, 2.75) is 12.3 Å². The van der Waals surface area contributed by atoms with E-state index in [2.05, 4.69) is 10.3 Å². The molecule has 1 amide bonds. The standard InChI is InChI=1S/C19H18N2O4S/c1-26(24,25)12-14-8-6-13(7-9-14)11-20-19(23)16-10-18(22)21-17-5-3-2-4-15(16)17/h2-10H,11-12H2,1H3,(H,20,23)(H,21,22). The second-order valence-electron chi connectivity index (χ2n) is 6.16. The van der Waals surface area contributed by atoms with E-state index in [0.717, 1.165) is 5.56 Å². The van der Waals surface area contributed by atoms with E-state index in [1.165, 1.54) is 12.3 Å². The Morgan fingerprint density at radius 3 is 2.38 bits per heavy atom. The number of hydrogen-bond donors (Lipinski definition) is 2. The lowest BCUT2D eigenvalue weighted by molar-refractivity contribution is 0.0952. The summed E-state index contributed by atoms with van der Waals surface area (Å²) in [5.74, 6) is -0.356. The van der Waals surface area contributed by atoms with E-state index in [0.29, 0.717) is 22.0 Å². The smallest absolute Gasteiger partial charge is 0.252 e. The van der Waals surface area contributed by atoms with Gasteiger partial charge < -0.3 is 10.3 Å². The highest BCUT2D eigenvalue weighted by Crippen LogP contribution is 2.15. The number of para-hydroxylation sites is 1. The number of rotatable bonds is 5. The molecule has 0 bridgehead atoms. The number of sulfone groups is 1. The van der Waals surface area contributed by atoms with Crippen LogP contribution in [0, 0.1) is 0 Å². The van der Waals surface area contributed by atoms with Crippen molar-refractivity contribution in [1.82, 2.24) is 10.3 Å². The predicted molar refractivity (Wildman–Crippen MR) is 101 cm³/mol. The highest BCUT2D eigenvalue weighted by molar-refractivity contribution is 7.89. The molecule has 1 heterocycles. The SMILES string of the molecule is CS(=O)(=O)Cc1ccc(CNC(=O)c2cc(=O)[nH]c3ccccc23)cc1. The molecule has 3 rings (SSSR count). The van der Waals surface area contributed by atoms with Gasteiger partial charge >= 0.3 is 0 Å². The molecular weight excluding hydrogens is 352 g/mol. The first-order valence-corrected chi connectivity index (χ1v) is 10.0. The lowest BCUT2D eigenvalue weighted by atomic mass is 10.1. The molecule has 2 aromatic carbocycles. The van der Waals surface area contributed by atoms with Crippen molar-refractivity contribution in [2.75, 3.05) is 6.26 Å². The summed E-state index contributed by atoms with van der Waals surface area (Å²) < 4.78 is 22.6. The Morgan fingerprint density at radius 1 is 1.04 bits per heavy atom. The predicted octanol–water partition coefficient (Wildman–Crippen LogP) is 2.00. The number of carbonyl (C=O) groups is 1. The highest BCUT2D eigenvalue weighted by atomic mass is 32.2. The van der Waals surface area contributed by atoms with Crippen LogP contribution in [0.1, 0.15) is 21.5 Å². The zero-order valence-electron chi connectivity index (χ0n) is 14.2. The number of H-pyrrole nitrogens is 1. The molecule has 6 nitrogen and oxygen atoms in total. The van der Waals surface area contributed by atoms with Crippen molar-refractivity contribution in [1.29, 1.82) is 0 Å². The molecule has 0 spiro atoms. The third-order valence-electron chi connectivity index (χ3n) is 3.90. The van der Waals surface area contributed by atoms with Gasteiger partial charge in [0.15, 0.2) is 9.84 Å². The number of hydrogen-bond acceptors (Lipinski definition) is 4. The van der Waals surface area contributed by atoms with Gasteiger partial charge in [0.1, 0.15) is 0 Å². The molecule has 0 saturated carbocycles. The van der Waals surface area contributed by atoms with Crippen LogP contribution in [0.4, 0.5) is 0 Å². The molecule has 0 unspecified atom stereocenters. The Morgan fingerprint density at radius 2 is 1.69 bits per heavy atom. The number of pyridine rings is 1. The molecule has 0 radical (unpaired) electrons. The molecular formula is C19H18N2O4S. The number of nitrogens with one attached hydrogen (secondary N) is 2. The van der Waals surface area contributed by atoms with E-state index < -0.39 is 9.84 Å². The number of aromatic nitrogens is 1. The molecule has 0 saturated heterocycles. The molecule has 134 valence electrons. The van der Waals surface area contributed by atoms with Crippen LogP contribution in [0.3, 0.4) is 0 Å². The Hall–Kier alpha value is -2.93. The van der Waals surface area contributed by atoms with Gasteiger partial charge in [-0.1, -0.05) is 42.5 Å². The van der Waals surface area contributed by atoms with E-state index >= 15 is 0 Å². The first kappa shape index (κ1) is 17.9. The summed E-state index contributed by atoms with van der Waals surface area (Å²) in [6.45, 7) is 0.277. The minimum absolute atomic E-state index is 0.0155. The maximum absolute atomic E-state index is 12.5. The average molecular weight is 370 g/mol. The summed E-state index contributed by atoms with van der Waals surface area (Å²) in [5, 5.41) is 3.47. The van der Waals surface area contributed by atoms with E-state index in [1.54, 1.807) is 48.5 Å². The highest BCUT2D eigenvalue weighted by Gasteiger charge is 2.11. The topological polar surface area (TPSA) is 96.1 Å². The van der Waals surface area contributed by atoms with Gasteiger partial charge in [0, 0.05) is 29.8 Å². The molecule has 26 heavy (non-hydrogen) atoms. The monoisotopic (exact) mass is 370 g/mol. The number of benzene rings is 2. The lowest BCUT2D eigenvalue weighted by Crippen LogP contribution is -2.24. The number of carbonyl (C=O) groups excluding carboxylic acids is 1. The molecule has 0 fully saturated rings. The second-order valence-corrected chi connectivity index (χ2v) is 8.30. The van der Waals surface area contributed by atoms with Gasteiger partial charge in [-0.25, -0.2) is 8.42 Å². The van der Waals surface area contributed by atoms with Gasteiger partial charge in [-0.3, -0.25) is 9.59 Å². The summed E-state index contributed by atoms with van der Waals surface area (Å²) in [4.78, 5) is 26.9. The largest absolute Gasteiger partial charge is 0.348 e. The van der Waals surface area contributed by atoms with Crippen LogP contribution in [0.5, 0.6) is 0 Å². The minimum atomic E-state index is -3.08. The first-order chi connectivity index (χ1) is 12.3. The van der Waals surface area contributed by atoms with Crippen LogP contribution < -0.4 is 10.9 Å². The van der Waals surface area contributed by atoms with E-state index in [1.807, 2.05) is 0 Å². The van der Waals surface area contributed by atoms with Gasteiger partial charge in [0.05, 0.1) is 11.3 Å². The second kappa shape index (κ2) is 7.13. The van der Waals surface area contributed by atoms with Crippen molar-refractivity contribution in [3.8, 4) is 0 Å². The zero-order chi connectivity index (χ0) is 18.7. The van der Waals surface area contributed by atoms with Crippen LogP contribution in [0.15, 0.2) is 59.4 Å². The van der Waals surface area contributed by atoms with Gasteiger partial charge in [-0.05, 0) is 17.2 Å². The van der Waals surface area contributed by atoms with Crippen LogP contribution in [0.25, 0.3) is 10.9 Å². The molecule has 3 aromatic rings. The normalized spacial score (nSPS) is 11.4. The molecule has 2 N–H and O–H groups in total. The quantitative estimate of drug-likeness (QED) is 0.718. The number of amides is 1. The van der Waals surface area contributed by atoms with Crippen molar-refractivity contribution in [3.05, 3.63) is 81.6 Å². The number of fused-ring (bicyclic) bond motifs is 1. The maximum Gasteiger partial charge on any atom is 0.252 e. The van der Waals surface area contributed by atoms with Crippen LogP contribution in [0.2, 0.25) is 0 Å². The summed E-state index contributed by atoms with van der Waals surface area (Å²) in [5.41, 5.74) is 2.13. The van der Waals surface area contributed by atoms with Crippen molar-refractivity contribution in [2.24, 2.45) is 0 Å². The van der Waals surface area contributed by atoms with Crippen LogP contribution >= 0.6 is 0 Å². The Balaban J connectivity index is 1.74. The minimum Gasteiger partial charge on any atom is -0.348 e. The van der Waals surface area contributed by atoms with Gasteiger partial charge in [0.25, 0.3) is 5.91 Å². The van der Waals surface area contributed by atoms with E-state index in [4.69, 9.17) is 0 Å².